The molecule has 4 rings (SSSR count). The molecular weight excluding hydrogens is 280 g/mol. The van der Waals surface area contributed by atoms with Crippen LogP contribution in [-0.4, -0.2) is 55.1 Å². The molecule has 0 unspecified atom stereocenters. The van der Waals surface area contributed by atoms with Crippen molar-refractivity contribution in [3.63, 3.8) is 0 Å². The molecule has 2 bridgehead atoms. The van der Waals surface area contributed by atoms with Gasteiger partial charge in [0.05, 0.1) is 25.3 Å². The van der Waals surface area contributed by atoms with Crippen molar-refractivity contribution < 1.29 is 13.9 Å². The van der Waals surface area contributed by atoms with Crippen molar-refractivity contribution in [2.45, 2.75) is 19.4 Å². The van der Waals surface area contributed by atoms with Crippen LogP contribution in [0.4, 0.5) is 0 Å². The molecule has 3 atom stereocenters. The maximum absolute atomic E-state index is 12.6. The molecule has 0 aromatic carbocycles. The highest BCUT2D eigenvalue weighted by Crippen LogP contribution is 2.31. The van der Waals surface area contributed by atoms with Crippen LogP contribution < -0.4 is 0 Å². The molecule has 3 aliphatic rings. The number of carbonyl (C=O) groups is 1. The Morgan fingerprint density at radius 3 is 2.68 bits per heavy atom. The summed E-state index contributed by atoms with van der Waals surface area (Å²) < 4.78 is 10.8. The Morgan fingerprint density at radius 2 is 2.05 bits per heavy atom. The monoisotopic (exact) mass is 304 g/mol. The number of fused-ring (bicyclic) bond motifs is 2. The minimum Gasteiger partial charge on any atom is -0.468 e. The Balaban J connectivity index is 1.36. The largest absolute Gasteiger partial charge is 0.468 e. The van der Waals surface area contributed by atoms with Gasteiger partial charge in [-0.05, 0) is 36.8 Å². The molecule has 3 fully saturated rings. The highest BCUT2D eigenvalue weighted by molar-refractivity contribution is 5.79. The molecule has 0 aliphatic carbocycles. The van der Waals surface area contributed by atoms with E-state index in [-0.39, 0.29) is 5.92 Å². The van der Waals surface area contributed by atoms with Crippen molar-refractivity contribution in [2.24, 2.45) is 17.8 Å². The molecule has 0 radical (unpaired) electrons. The van der Waals surface area contributed by atoms with Gasteiger partial charge in [-0.2, -0.15) is 0 Å². The van der Waals surface area contributed by atoms with Gasteiger partial charge in [-0.25, -0.2) is 0 Å². The van der Waals surface area contributed by atoms with E-state index in [1.807, 2.05) is 12.1 Å². The van der Waals surface area contributed by atoms with Gasteiger partial charge < -0.3 is 14.1 Å². The number of hydrogen-bond donors (Lipinski definition) is 0. The average molecular weight is 304 g/mol. The predicted octanol–water partition coefficient (Wildman–Crippen LogP) is 1.60. The number of nitrogens with zero attached hydrogens (tertiary/aromatic N) is 2. The first kappa shape index (κ1) is 14.3. The van der Waals surface area contributed by atoms with Gasteiger partial charge in [-0.15, -0.1) is 0 Å². The third-order valence-electron chi connectivity index (χ3n) is 5.21. The van der Waals surface area contributed by atoms with Gasteiger partial charge in [-0.3, -0.25) is 9.69 Å². The van der Waals surface area contributed by atoms with E-state index in [1.165, 1.54) is 6.42 Å². The number of likely N-dealkylation sites (tertiary alicyclic amines) is 2. The number of amides is 1. The number of rotatable bonds is 3. The molecule has 5 nitrogen and oxygen atoms in total. The second-order valence-corrected chi connectivity index (χ2v) is 7.04. The van der Waals surface area contributed by atoms with Crippen LogP contribution in [0.5, 0.6) is 0 Å². The smallest absolute Gasteiger partial charge is 0.228 e. The van der Waals surface area contributed by atoms with Gasteiger partial charge in [0, 0.05) is 32.8 Å². The molecule has 0 N–H and O–H groups in total. The number of carbonyl (C=O) groups excluding carboxylic acids is 1. The highest BCUT2D eigenvalue weighted by atomic mass is 16.5. The molecule has 3 aliphatic heterocycles. The van der Waals surface area contributed by atoms with Gasteiger partial charge in [0.1, 0.15) is 5.76 Å². The Hall–Kier alpha value is -1.33. The van der Waals surface area contributed by atoms with Crippen LogP contribution in [0.15, 0.2) is 22.8 Å². The second-order valence-electron chi connectivity index (χ2n) is 7.04. The first-order valence-electron chi connectivity index (χ1n) is 8.39. The SMILES string of the molecule is O=C([C@@H]1CCOC1)N1C[C@H]2C[C@@H](CN(Cc3ccco3)C2)C1. The van der Waals surface area contributed by atoms with E-state index < -0.39 is 0 Å². The van der Waals surface area contributed by atoms with Crippen LogP contribution in [0, 0.1) is 17.8 Å². The van der Waals surface area contributed by atoms with Crippen molar-refractivity contribution in [3.05, 3.63) is 24.2 Å². The Bertz CT molecular complexity index is 496. The van der Waals surface area contributed by atoms with Crippen LogP contribution in [0.25, 0.3) is 0 Å². The van der Waals surface area contributed by atoms with Crippen LogP contribution in [0.2, 0.25) is 0 Å². The fourth-order valence-electron chi connectivity index (χ4n) is 4.31. The molecule has 4 heterocycles. The zero-order valence-electron chi connectivity index (χ0n) is 12.9. The molecule has 1 aromatic rings. The van der Waals surface area contributed by atoms with Crippen molar-refractivity contribution >= 4 is 5.91 Å². The van der Waals surface area contributed by atoms with E-state index in [1.54, 1.807) is 6.26 Å². The molecular formula is C17H24N2O3. The molecule has 0 spiro atoms. The maximum Gasteiger partial charge on any atom is 0.228 e. The quantitative estimate of drug-likeness (QED) is 0.851. The normalized spacial score (nSPS) is 32.4. The average Bonchev–Trinajstić information content (AvgIpc) is 3.18. The third-order valence-corrected chi connectivity index (χ3v) is 5.21. The van der Waals surface area contributed by atoms with Gasteiger partial charge >= 0.3 is 0 Å². The molecule has 22 heavy (non-hydrogen) atoms. The summed E-state index contributed by atoms with van der Waals surface area (Å²) in [6, 6.07) is 3.99. The second kappa shape index (κ2) is 6.05. The summed E-state index contributed by atoms with van der Waals surface area (Å²) in [6.45, 7) is 6.24. The number of ether oxygens (including phenoxy) is 1. The van der Waals surface area contributed by atoms with Gasteiger partial charge in [0.15, 0.2) is 0 Å². The van der Waals surface area contributed by atoms with E-state index in [9.17, 15) is 4.79 Å². The van der Waals surface area contributed by atoms with Crippen LogP contribution >= 0.6 is 0 Å². The molecule has 1 aromatic heterocycles. The maximum atomic E-state index is 12.6. The molecule has 120 valence electrons. The Morgan fingerprint density at radius 1 is 1.23 bits per heavy atom. The highest BCUT2D eigenvalue weighted by Gasteiger charge is 2.38. The lowest BCUT2D eigenvalue weighted by Crippen LogP contribution is -2.54. The van der Waals surface area contributed by atoms with Crippen molar-refractivity contribution in [3.8, 4) is 0 Å². The van der Waals surface area contributed by atoms with E-state index in [0.717, 1.165) is 51.5 Å². The Kier molecular flexibility index (Phi) is 3.92. The van der Waals surface area contributed by atoms with E-state index in [2.05, 4.69) is 9.80 Å². The van der Waals surface area contributed by atoms with Gasteiger partial charge in [-0.1, -0.05) is 0 Å². The fraction of sp³-hybridized carbons (Fsp3) is 0.706. The predicted molar refractivity (Wildman–Crippen MR) is 81.1 cm³/mol. The summed E-state index contributed by atoms with van der Waals surface area (Å²) >= 11 is 0. The van der Waals surface area contributed by atoms with Crippen molar-refractivity contribution in [2.75, 3.05) is 39.4 Å². The minimum atomic E-state index is 0.109. The third kappa shape index (κ3) is 2.92. The van der Waals surface area contributed by atoms with Crippen LogP contribution in [-0.2, 0) is 16.1 Å². The van der Waals surface area contributed by atoms with E-state index >= 15 is 0 Å². The fourth-order valence-corrected chi connectivity index (χ4v) is 4.31. The number of hydrogen-bond acceptors (Lipinski definition) is 4. The van der Waals surface area contributed by atoms with Crippen molar-refractivity contribution in [1.29, 1.82) is 0 Å². The number of furan rings is 1. The summed E-state index contributed by atoms with van der Waals surface area (Å²) in [5.41, 5.74) is 0. The molecule has 1 amide bonds. The van der Waals surface area contributed by atoms with Crippen LogP contribution in [0.1, 0.15) is 18.6 Å². The van der Waals surface area contributed by atoms with Crippen LogP contribution in [0.3, 0.4) is 0 Å². The van der Waals surface area contributed by atoms with E-state index in [0.29, 0.717) is 24.3 Å². The summed E-state index contributed by atoms with van der Waals surface area (Å²) in [6.07, 6.45) is 3.90. The lowest BCUT2D eigenvalue weighted by molar-refractivity contribution is -0.140. The first-order chi connectivity index (χ1) is 10.8. The minimum absolute atomic E-state index is 0.109. The summed E-state index contributed by atoms with van der Waals surface area (Å²) in [4.78, 5) is 17.2. The molecule has 0 saturated carbocycles. The van der Waals surface area contributed by atoms with E-state index in [4.69, 9.17) is 9.15 Å². The molecule has 5 heteroatoms. The summed E-state index contributed by atoms with van der Waals surface area (Å²) in [5, 5.41) is 0. The zero-order chi connectivity index (χ0) is 14.9. The lowest BCUT2D eigenvalue weighted by Gasteiger charge is -2.46. The molecule has 3 saturated heterocycles. The Labute approximate surface area is 131 Å². The van der Waals surface area contributed by atoms with Gasteiger partial charge in [0.25, 0.3) is 0 Å². The summed E-state index contributed by atoms with van der Waals surface area (Å²) in [5.74, 6) is 2.68. The first-order valence-corrected chi connectivity index (χ1v) is 8.39. The summed E-state index contributed by atoms with van der Waals surface area (Å²) in [7, 11) is 0. The van der Waals surface area contributed by atoms with Crippen molar-refractivity contribution in [1.82, 2.24) is 9.80 Å². The topological polar surface area (TPSA) is 45.9 Å². The lowest BCUT2D eigenvalue weighted by atomic mass is 9.84. The zero-order valence-corrected chi connectivity index (χ0v) is 12.9. The standard InChI is InChI=1S/C17H24N2O3/c20-17(15-3-5-21-12-15)19-9-13-6-14(10-19)8-18(7-13)11-16-2-1-4-22-16/h1-2,4,13-15H,3,5-12H2/t13-,14-,15+/m0/s1. The van der Waals surface area contributed by atoms with Gasteiger partial charge in [0.2, 0.25) is 5.91 Å². The number of piperidine rings is 2.